The van der Waals surface area contributed by atoms with Crippen LogP contribution < -0.4 is 11.1 Å². The van der Waals surface area contributed by atoms with Crippen LogP contribution in [0.25, 0.3) is 0 Å². The molecule has 0 saturated heterocycles. The van der Waals surface area contributed by atoms with Crippen LogP contribution in [-0.4, -0.2) is 21.9 Å². The summed E-state index contributed by atoms with van der Waals surface area (Å²) in [5.41, 5.74) is 7.55. The first kappa shape index (κ1) is 15.0. The molecule has 0 aliphatic heterocycles. The highest BCUT2D eigenvalue weighted by atomic mass is 79.9. The molecule has 0 fully saturated rings. The van der Waals surface area contributed by atoms with Gasteiger partial charge in [-0.1, -0.05) is 27.2 Å². The van der Waals surface area contributed by atoms with Crippen molar-refractivity contribution in [3.8, 4) is 0 Å². The van der Waals surface area contributed by atoms with Crippen molar-refractivity contribution in [3.63, 3.8) is 0 Å². The zero-order valence-electron chi connectivity index (χ0n) is 11.2. The van der Waals surface area contributed by atoms with Gasteiger partial charge in [-0.3, -0.25) is 9.78 Å². The number of aromatic nitrogens is 1. The van der Waals surface area contributed by atoms with E-state index in [0.29, 0.717) is 16.9 Å². The SMILES string of the molecule is Cc1cccnc1C(=O)Nc1ccc(Br)cc1/C(N)=N/O. The number of halogens is 1. The fourth-order valence-corrected chi connectivity index (χ4v) is 2.16. The van der Waals surface area contributed by atoms with E-state index in [1.807, 2.05) is 0 Å². The average molecular weight is 349 g/mol. The molecule has 0 aliphatic rings. The van der Waals surface area contributed by atoms with Crippen LogP contribution in [0, 0.1) is 6.92 Å². The molecule has 108 valence electrons. The van der Waals surface area contributed by atoms with Gasteiger partial charge in [-0.25, -0.2) is 0 Å². The molecule has 6 nitrogen and oxygen atoms in total. The lowest BCUT2D eigenvalue weighted by Gasteiger charge is -2.11. The fourth-order valence-electron chi connectivity index (χ4n) is 1.80. The lowest BCUT2D eigenvalue weighted by molar-refractivity contribution is 0.102. The van der Waals surface area contributed by atoms with E-state index in [4.69, 9.17) is 10.9 Å². The van der Waals surface area contributed by atoms with E-state index in [2.05, 4.69) is 31.4 Å². The van der Waals surface area contributed by atoms with Crippen LogP contribution in [0.3, 0.4) is 0 Å². The van der Waals surface area contributed by atoms with Crippen LogP contribution in [0.5, 0.6) is 0 Å². The quantitative estimate of drug-likeness (QED) is 0.343. The standard InChI is InChI=1S/C14H13BrN4O2/c1-8-3-2-6-17-12(8)14(20)18-11-5-4-9(15)7-10(11)13(16)19-21/h2-7,21H,1H3,(H2,16,19)(H,18,20). The summed E-state index contributed by atoms with van der Waals surface area (Å²) >= 11 is 3.30. The van der Waals surface area contributed by atoms with Gasteiger partial charge in [-0.05, 0) is 36.8 Å². The maximum Gasteiger partial charge on any atom is 0.274 e. The summed E-state index contributed by atoms with van der Waals surface area (Å²) in [5, 5.41) is 14.5. The predicted molar refractivity (Wildman–Crippen MR) is 83.6 cm³/mol. The van der Waals surface area contributed by atoms with Crippen LogP contribution in [-0.2, 0) is 0 Å². The largest absolute Gasteiger partial charge is 0.409 e. The van der Waals surface area contributed by atoms with E-state index in [1.54, 1.807) is 43.5 Å². The van der Waals surface area contributed by atoms with Crippen molar-refractivity contribution in [1.82, 2.24) is 4.98 Å². The number of hydrogen-bond acceptors (Lipinski definition) is 4. The Morgan fingerprint density at radius 2 is 2.19 bits per heavy atom. The van der Waals surface area contributed by atoms with Crippen LogP contribution in [0.15, 0.2) is 46.2 Å². The smallest absolute Gasteiger partial charge is 0.274 e. The number of oxime groups is 1. The molecule has 1 aromatic heterocycles. The third kappa shape index (κ3) is 3.38. The van der Waals surface area contributed by atoms with E-state index < -0.39 is 0 Å². The van der Waals surface area contributed by atoms with Crippen LogP contribution in [0.2, 0.25) is 0 Å². The lowest BCUT2D eigenvalue weighted by atomic mass is 10.1. The molecule has 0 aliphatic carbocycles. The predicted octanol–water partition coefficient (Wildman–Crippen LogP) is 2.50. The molecule has 1 aromatic carbocycles. The second kappa shape index (κ2) is 6.36. The highest BCUT2D eigenvalue weighted by Crippen LogP contribution is 2.21. The highest BCUT2D eigenvalue weighted by molar-refractivity contribution is 9.10. The lowest BCUT2D eigenvalue weighted by Crippen LogP contribution is -2.20. The van der Waals surface area contributed by atoms with Gasteiger partial charge in [0.15, 0.2) is 5.84 Å². The number of amidine groups is 1. The number of pyridine rings is 1. The topological polar surface area (TPSA) is 101 Å². The number of nitrogens with one attached hydrogen (secondary N) is 1. The second-order valence-electron chi connectivity index (χ2n) is 4.30. The maximum atomic E-state index is 12.3. The molecule has 21 heavy (non-hydrogen) atoms. The van der Waals surface area contributed by atoms with Gasteiger partial charge in [0.2, 0.25) is 0 Å². The minimum atomic E-state index is -0.359. The van der Waals surface area contributed by atoms with Gasteiger partial charge in [-0.2, -0.15) is 0 Å². The number of nitrogens with two attached hydrogens (primary N) is 1. The van der Waals surface area contributed by atoms with Crippen molar-refractivity contribution >= 4 is 33.4 Å². The Labute approximate surface area is 129 Å². The number of aryl methyl sites for hydroxylation is 1. The minimum absolute atomic E-state index is 0.0932. The Morgan fingerprint density at radius 3 is 2.86 bits per heavy atom. The molecular weight excluding hydrogens is 336 g/mol. The first-order valence-corrected chi connectivity index (χ1v) is 6.82. The number of rotatable bonds is 3. The molecule has 1 amide bonds. The van der Waals surface area contributed by atoms with E-state index in [1.165, 1.54) is 0 Å². The van der Waals surface area contributed by atoms with Crippen molar-refractivity contribution in [2.24, 2.45) is 10.9 Å². The van der Waals surface area contributed by atoms with Gasteiger partial charge in [0.25, 0.3) is 5.91 Å². The Morgan fingerprint density at radius 1 is 1.43 bits per heavy atom. The Bertz CT molecular complexity index is 716. The molecule has 7 heteroatoms. The second-order valence-corrected chi connectivity index (χ2v) is 5.21. The van der Waals surface area contributed by atoms with E-state index in [-0.39, 0.29) is 11.7 Å². The molecule has 2 rings (SSSR count). The van der Waals surface area contributed by atoms with Gasteiger partial charge >= 0.3 is 0 Å². The molecule has 0 spiro atoms. The number of nitrogens with zero attached hydrogens (tertiary/aromatic N) is 2. The Kier molecular flexibility index (Phi) is 4.54. The molecule has 0 radical (unpaired) electrons. The first-order chi connectivity index (χ1) is 10.0. The normalized spacial score (nSPS) is 11.2. The summed E-state index contributed by atoms with van der Waals surface area (Å²) in [7, 11) is 0. The summed E-state index contributed by atoms with van der Waals surface area (Å²) in [5.74, 6) is -0.452. The summed E-state index contributed by atoms with van der Waals surface area (Å²) in [6.45, 7) is 1.80. The fraction of sp³-hybridized carbons (Fsp3) is 0.0714. The van der Waals surface area contributed by atoms with Crippen LogP contribution >= 0.6 is 15.9 Å². The molecular formula is C14H13BrN4O2. The number of carbonyl (C=O) groups excluding carboxylic acids is 1. The third-order valence-corrected chi connectivity index (χ3v) is 3.33. The summed E-state index contributed by atoms with van der Waals surface area (Å²) in [4.78, 5) is 16.3. The third-order valence-electron chi connectivity index (χ3n) is 2.84. The maximum absolute atomic E-state index is 12.3. The number of hydrogen-bond donors (Lipinski definition) is 3. The van der Waals surface area contributed by atoms with Gasteiger partial charge < -0.3 is 16.3 Å². The van der Waals surface area contributed by atoms with Crippen molar-refractivity contribution in [1.29, 1.82) is 0 Å². The number of carbonyl (C=O) groups is 1. The minimum Gasteiger partial charge on any atom is -0.409 e. The highest BCUT2D eigenvalue weighted by Gasteiger charge is 2.14. The van der Waals surface area contributed by atoms with Gasteiger partial charge in [0.05, 0.1) is 5.69 Å². The zero-order valence-corrected chi connectivity index (χ0v) is 12.8. The van der Waals surface area contributed by atoms with Gasteiger partial charge in [0, 0.05) is 16.2 Å². The Balaban J connectivity index is 2.36. The molecule has 4 N–H and O–H groups in total. The van der Waals surface area contributed by atoms with Crippen molar-refractivity contribution in [3.05, 3.63) is 57.8 Å². The van der Waals surface area contributed by atoms with Crippen LogP contribution in [0.1, 0.15) is 21.6 Å². The molecule has 0 bridgehead atoms. The van der Waals surface area contributed by atoms with Gasteiger partial charge in [-0.15, -0.1) is 0 Å². The summed E-state index contributed by atoms with van der Waals surface area (Å²) in [6, 6.07) is 8.61. The van der Waals surface area contributed by atoms with Gasteiger partial charge in [0.1, 0.15) is 5.69 Å². The Hall–Kier alpha value is -2.41. The average Bonchev–Trinajstić information content (AvgIpc) is 2.48. The van der Waals surface area contributed by atoms with Crippen molar-refractivity contribution in [2.75, 3.05) is 5.32 Å². The number of benzene rings is 1. The summed E-state index contributed by atoms with van der Waals surface area (Å²) in [6.07, 6.45) is 1.55. The molecule has 0 atom stereocenters. The van der Waals surface area contributed by atoms with E-state index >= 15 is 0 Å². The zero-order chi connectivity index (χ0) is 15.4. The number of anilines is 1. The van der Waals surface area contributed by atoms with Crippen molar-refractivity contribution in [2.45, 2.75) is 6.92 Å². The molecule has 0 saturated carbocycles. The summed E-state index contributed by atoms with van der Waals surface area (Å²) < 4.78 is 0.746. The number of amides is 1. The van der Waals surface area contributed by atoms with Crippen LogP contribution in [0.4, 0.5) is 5.69 Å². The first-order valence-electron chi connectivity index (χ1n) is 6.03. The molecule has 1 heterocycles. The molecule has 0 unspecified atom stereocenters. The molecule has 2 aromatic rings. The van der Waals surface area contributed by atoms with E-state index in [0.717, 1.165) is 10.0 Å². The van der Waals surface area contributed by atoms with Crippen molar-refractivity contribution < 1.29 is 10.0 Å². The van der Waals surface area contributed by atoms with E-state index in [9.17, 15) is 4.79 Å². The monoisotopic (exact) mass is 348 g/mol.